The monoisotopic (exact) mass is 404 g/mol. The Morgan fingerprint density at radius 3 is 2.36 bits per heavy atom. The van der Waals surface area contributed by atoms with Crippen molar-refractivity contribution in [2.75, 3.05) is 18.4 Å². The normalized spacial score (nSPS) is 16.1. The third-order valence-electron chi connectivity index (χ3n) is 5.32. The summed E-state index contributed by atoms with van der Waals surface area (Å²) >= 11 is 0. The van der Waals surface area contributed by atoms with Gasteiger partial charge in [0.15, 0.2) is 0 Å². The first-order valence-corrected chi connectivity index (χ1v) is 10.8. The van der Waals surface area contributed by atoms with Crippen LogP contribution in [0.15, 0.2) is 41.3 Å². The fourth-order valence-corrected chi connectivity index (χ4v) is 4.91. The first kappa shape index (κ1) is 20.5. The molecule has 2 aromatic carbocycles. The van der Waals surface area contributed by atoms with Crippen molar-refractivity contribution < 1.29 is 17.6 Å². The molecule has 150 valence electrons. The Labute approximate surface area is 165 Å². The van der Waals surface area contributed by atoms with Gasteiger partial charge in [0, 0.05) is 19.0 Å². The SMILES string of the molecule is Cc1ccc(F)c(NC(=O)C2CCN(S(=O)(=O)c3ccc(C)c(C)c3)CC2)c1. The number of amides is 1. The molecule has 3 rings (SSSR count). The van der Waals surface area contributed by atoms with Crippen LogP contribution < -0.4 is 5.32 Å². The minimum atomic E-state index is -3.58. The lowest BCUT2D eigenvalue weighted by molar-refractivity contribution is -0.120. The van der Waals surface area contributed by atoms with Crippen molar-refractivity contribution >= 4 is 21.6 Å². The van der Waals surface area contributed by atoms with Crippen molar-refractivity contribution in [3.8, 4) is 0 Å². The van der Waals surface area contributed by atoms with Crippen molar-refractivity contribution in [1.82, 2.24) is 4.31 Å². The van der Waals surface area contributed by atoms with Gasteiger partial charge in [-0.15, -0.1) is 0 Å². The average molecular weight is 405 g/mol. The van der Waals surface area contributed by atoms with Gasteiger partial charge < -0.3 is 5.32 Å². The summed E-state index contributed by atoms with van der Waals surface area (Å²) in [7, 11) is -3.58. The zero-order chi connectivity index (χ0) is 20.5. The van der Waals surface area contributed by atoms with E-state index in [-0.39, 0.29) is 35.5 Å². The maximum absolute atomic E-state index is 13.9. The molecule has 2 aromatic rings. The lowest BCUT2D eigenvalue weighted by atomic mass is 9.97. The highest BCUT2D eigenvalue weighted by Gasteiger charge is 2.32. The Balaban J connectivity index is 1.65. The lowest BCUT2D eigenvalue weighted by Gasteiger charge is -2.30. The van der Waals surface area contributed by atoms with Crippen LogP contribution in [0.5, 0.6) is 0 Å². The van der Waals surface area contributed by atoms with E-state index in [1.165, 1.54) is 10.4 Å². The molecule has 1 amide bonds. The molecule has 1 fully saturated rings. The third-order valence-corrected chi connectivity index (χ3v) is 7.22. The Hall–Kier alpha value is -2.25. The highest BCUT2D eigenvalue weighted by Crippen LogP contribution is 2.26. The summed E-state index contributed by atoms with van der Waals surface area (Å²) in [6, 6.07) is 9.66. The number of nitrogens with one attached hydrogen (secondary N) is 1. The number of hydrogen-bond acceptors (Lipinski definition) is 3. The number of carbonyl (C=O) groups excluding carboxylic acids is 1. The van der Waals surface area contributed by atoms with E-state index >= 15 is 0 Å². The summed E-state index contributed by atoms with van der Waals surface area (Å²) < 4.78 is 41.0. The molecule has 0 aliphatic carbocycles. The smallest absolute Gasteiger partial charge is 0.243 e. The number of hydrogen-bond donors (Lipinski definition) is 1. The van der Waals surface area contributed by atoms with Gasteiger partial charge in [0.2, 0.25) is 15.9 Å². The summed E-state index contributed by atoms with van der Waals surface area (Å²) in [6.07, 6.45) is 0.812. The van der Waals surface area contributed by atoms with Crippen LogP contribution >= 0.6 is 0 Å². The first-order chi connectivity index (χ1) is 13.2. The molecule has 7 heteroatoms. The molecule has 0 spiro atoms. The van der Waals surface area contributed by atoms with Crippen LogP contribution in [0.1, 0.15) is 29.5 Å². The fourth-order valence-electron chi connectivity index (χ4n) is 3.35. The van der Waals surface area contributed by atoms with Gasteiger partial charge in [-0.3, -0.25) is 4.79 Å². The van der Waals surface area contributed by atoms with Crippen LogP contribution in [-0.4, -0.2) is 31.7 Å². The van der Waals surface area contributed by atoms with Gasteiger partial charge in [0.1, 0.15) is 5.82 Å². The number of benzene rings is 2. The van der Waals surface area contributed by atoms with E-state index in [2.05, 4.69) is 5.32 Å². The van der Waals surface area contributed by atoms with Crippen LogP contribution in [-0.2, 0) is 14.8 Å². The highest BCUT2D eigenvalue weighted by molar-refractivity contribution is 7.89. The van der Waals surface area contributed by atoms with E-state index in [4.69, 9.17) is 0 Å². The van der Waals surface area contributed by atoms with E-state index in [1.54, 1.807) is 30.3 Å². The van der Waals surface area contributed by atoms with Crippen LogP contribution in [0.25, 0.3) is 0 Å². The molecule has 0 saturated carbocycles. The van der Waals surface area contributed by atoms with Gasteiger partial charge in [-0.1, -0.05) is 12.1 Å². The van der Waals surface area contributed by atoms with E-state index in [1.807, 2.05) is 20.8 Å². The summed E-state index contributed by atoms with van der Waals surface area (Å²) in [6.45, 7) is 6.18. The Bertz CT molecular complexity index is 997. The molecule has 0 aromatic heterocycles. The molecule has 1 aliphatic heterocycles. The quantitative estimate of drug-likeness (QED) is 0.843. The second kappa shape index (κ2) is 8.01. The molecule has 0 atom stereocenters. The van der Waals surface area contributed by atoms with Gasteiger partial charge in [0.05, 0.1) is 10.6 Å². The summed E-state index contributed by atoms with van der Waals surface area (Å²) in [5.74, 6) is -1.09. The highest BCUT2D eigenvalue weighted by atomic mass is 32.2. The van der Waals surface area contributed by atoms with E-state index < -0.39 is 15.8 Å². The zero-order valence-corrected chi connectivity index (χ0v) is 17.1. The molecule has 0 unspecified atom stereocenters. The average Bonchev–Trinajstić information content (AvgIpc) is 2.67. The van der Waals surface area contributed by atoms with Gasteiger partial charge in [-0.2, -0.15) is 4.31 Å². The number of sulfonamides is 1. The zero-order valence-electron chi connectivity index (χ0n) is 16.3. The van der Waals surface area contributed by atoms with Crippen LogP contribution in [0.2, 0.25) is 0 Å². The Kier molecular flexibility index (Phi) is 5.86. The predicted molar refractivity (Wildman–Crippen MR) is 107 cm³/mol. The van der Waals surface area contributed by atoms with Crippen LogP contribution in [0, 0.1) is 32.5 Å². The lowest BCUT2D eigenvalue weighted by Crippen LogP contribution is -2.41. The second-order valence-electron chi connectivity index (χ2n) is 7.40. The molecular weight excluding hydrogens is 379 g/mol. The van der Waals surface area contributed by atoms with Crippen molar-refractivity contribution in [1.29, 1.82) is 0 Å². The molecule has 1 aliphatic rings. The number of halogens is 1. The fraction of sp³-hybridized carbons (Fsp3) is 0.381. The Morgan fingerprint density at radius 1 is 1.04 bits per heavy atom. The number of nitrogens with zero attached hydrogens (tertiary/aromatic N) is 1. The van der Waals surface area contributed by atoms with Crippen molar-refractivity contribution in [3.05, 3.63) is 58.9 Å². The molecule has 0 bridgehead atoms. The standard InChI is InChI=1S/C21H25FN2O3S/c1-14-4-7-19(22)20(12-14)23-21(25)17-8-10-24(11-9-17)28(26,27)18-6-5-15(2)16(3)13-18/h4-7,12-13,17H,8-11H2,1-3H3,(H,23,25). The first-order valence-electron chi connectivity index (χ1n) is 9.33. The number of anilines is 1. The molecule has 1 N–H and O–H groups in total. The molecule has 28 heavy (non-hydrogen) atoms. The van der Waals surface area contributed by atoms with Gasteiger partial charge >= 0.3 is 0 Å². The maximum atomic E-state index is 13.9. The third kappa shape index (κ3) is 4.25. The molecule has 0 radical (unpaired) electrons. The van der Waals surface area contributed by atoms with Gasteiger partial charge in [-0.25, -0.2) is 12.8 Å². The summed E-state index contributed by atoms with van der Waals surface area (Å²) in [5.41, 5.74) is 2.98. The largest absolute Gasteiger partial charge is 0.323 e. The molecule has 1 saturated heterocycles. The van der Waals surface area contributed by atoms with Crippen LogP contribution in [0.3, 0.4) is 0 Å². The number of aryl methyl sites for hydroxylation is 3. The predicted octanol–water partition coefficient (Wildman–Crippen LogP) is 3.79. The maximum Gasteiger partial charge on any atom is 0.243 e. The van der Waals surface area contributed by atoms with E-state index in [9.17, 15) is 17.6 Å². The van der Waals surface area contributed by atoms with Gasteiger partial charge in [0.25, 0.3) is 0 Å². The molecule has 5 nitrogen and oxygen atoms in total. The van der Waals surface area contributed by atoms with Crippen molar-refractivity contribution in [2.45, 2.75) is 38.5 Å². The number of rotatable bonds is 4. The molecule has 1 heterocycles. The topological polar surface area (TPSA) is 66.5 Å². The van der Waals surface area contributed by atoms with Crippen LogP contribution in [0.4, 0.5) is 10.1 Å². The minimum Gasteiger partial charge on any atom is -0.323 e. The summed E-state index contributed by atoms with van der Waals surface area (Å²) in [4.78, 5) is 12.8. The van der Waals surface area contributed by atoms with Crippen molar-refractivity contribution in [3.63, 3.8) is 0 Å². The van der Waals surface area contributed by atoms with E-state index in [0.29, 0.717) is 12.8 Å². The summed E-state index contributed by atoms with van der Waals surface area (Å²) in [5, 5.41) is 2.64. The number of carbonyl (C=O) groups is 1. The molecular formula is C21H25FN2O3S. The minimum absolute atomic E-state index is 0.162. The van der Waals surface area contributed by atoms with Gasteiger partial charge in [-0.05, 0) is 74.6 Å². The Morgan fingerprint density at radius 2 is 1.71 bits per heavy atom. The second-order valence-corrected chi connectivity index (χ2v) is 9.33. The number of piperidine rings is 1. The van der Waals surface area contributed by atoms with E-state index in [0.717, 1.165) is 16.7 Å². The van der Waals surface area contributed by atoms with Crippen molar-refractivity contribution in [2.24, 2.45) is 5.92 Å².